The number of thioether (sulfide) groups is 1. The van der Waals surface area contributed by atoms with Gasteiger partial charge < -0.3 is 4.90 Å². The number of anilines is 1. The highest BCUT2D eigenvalue weighted by Crippen LogP contribution is 2.47. The Morgan fingerprint density at radius 1 is 1.35 bits per heavy atom. The van der Waals surface area contributed by atoms with E-state index in [1.807, 2.05) is 36.2 Å². The first-order chi connectivity index (χ1) is 9.70. The summed E-state index contributed by atoms with van der Waals surface area (Å²) in [6.45, 7) is 0. The van der Waals surface area contributed by atoms with Crippen molar-refractivity contribution in [1.82, 2.24) is 9.97 Å². The summed E-state index contributed by atoms with van der Waals surface area (Å²) in [7, 11) is 1.94. The van der Waals surface area contributed by atoms with Crippen molar-refractivity contribution < 1.29 is 0 Å². The summed E-state index contributed by atoms with van der Waals surface area (Å²) in [6, 6.07) is 11.9. The van der Waals surface area contributed by atoms with E-state index in [2.05, 4.69) is 16.0 Å². The Hall–Kier alpha value is -2.03. The molecule has 0 spiro atoms. The van der Waals surface area contributed by atoms with E-state index < -0.39 is 0 Å². The molecule has 0 unspecified atom stereocenters. The van der Waals surface area contributed by atoms with Crippen molar-refractivity contribution in [2.75, 3.05) is 11.9 Å². The predicted octanol–water partition coefficient (Wildman–Crippen LogP) is 3.56. The number of hydrogen-bond acceptors (Lipinski definition) is 5. The average Bonchev–Trinajstić information content (AvgIpc) is 2.78. The van der Waals surface area contributed by atoms with Crippen LogP contribution in [0, 0.1) is 11.3 Å². The van der Waals surface area contributed by atoms with Crippen LogP contribution in [0.1, 0.15) is 5.69 Å². The zero-order chi connectivity index (χ0) is 14.1. The van der Waals surface area contributed by atoms with Crippen LogP contribution < -0.4 is 4.90 Å². The number of halogens is 1. The van der Waals surface area contributed by atoms with Crippen LogP contribution in [0.5, 0.6) is 0 Å². The van der Waals surface area contributed by atoms with Crippen LogP contribution in [0.4, 0.5) is 5.69 Å². The van der Waals surface area contributed by atoms with Crippen molar-refractivity contribution in [2.45, 2.75) is 4.90 Å². The predicted molar refractivity (Wildman–Crippen MR) is 80.3 cm³/mol. The molecule has 0 saturated carbocycles. The number of aromatic nitrogens is 2. The van der Waals surface area contributed by atoms with Gasteiger partial charge in [0.2, 0.25) is 5.28 Å². The van der Waals surface area contributed by atoms with Crippen molar-refractivity contribution in [1.29, 1.82) is 5.26 Å². The Labute approximate surface area is 125 Å². The molecule has 0 radical (unpaired) electrons. The fourth-order valence-corrected chi connectivity index (χ4v) is 3.31. The minimum atomic E-state index is 0.138. The van der Waals surface area contributed by atoms with Crippen molar-refractivity contribution >= 4 is 34.6 Å². The van der Waals surface area contributed by atoms with Crippen LogP contribution in [-0.2, 0) is 0 Å². The van der Waals surface area contributed by atoms with Crippen LogP contribution in [0.3, 0.4) is 0 Å². The van der Waals surface area contributed by atoms with Gasteiger partial charge in [0.05, 0.1) is 11.4 Å². The molecule has 0 aliphatic carbocycles. The number of para-hydroxylation sites is 1. The molecule has 0 saturated heterocycles. The monoisotopic (exact) mass is 300 g/mol. The first-order valence-corrected chi connectivity index (χ1v) is 7.04. The number of nitriles is 1. The molecule has 1 aromatic heterocycles. The lowest BCUT2D eigenvalue weighted by atomic mass is 10.2. The van der Waals surface area contributed by atoms with Crippen molar-refractivity contribution in [3.05, 3.63) is 52.5 Å². The average molecular weight is 301 g/mol. The first-order valence-electron chi connectivity index (χ1n) is 5.84. The summed E-state index contributed by atoms with van der Waals surface area (Å²) in [5.41, 5.74) is 2.12. The molecule has 1 aliphatic rings. The van der Waals surface area contributed by atoms with Crippen molar-refractivity contribution in [3.63, 3.8) is 0 Å². The molecule has 0 amide bonds. The zero-order valence-corrected chi connectivity index (χ0v) is 12.1. The molecule has 3 rings (SSSR count). The summed E-state index contributed by atoms with van der Waals surface area (Å²) in [5, 5.41) is 10.5. The lowest BCUT2D eigenvalue weighted by Gasteiger charge is -2.14. The molecule has 4 nitrogen and oxygen atoms in total. The van der Waals surface area contributed by atoms with Crippen LogP contribution >= 0.6 is 23.4 Å². The lowest BCUT2D eigenvalue weighted by Crippen LogP contribution is -2.11. The van der Waals surface area contributed by atoms with Gasteiger partial charge in [-0.15, -0.1) is 0 Å². The van der Waals surface area contributed by atoms with E-state index in [9.17, 15) is 5.26 Å². The van der Waals surface area contributed by atoms with Gasteiger partial charge in [0.15, 0.2) is 0 Å². The maximum Gasteiger partial charge on any atom is 0.222 e. The highest BCUT2D eigenvalue weighted by Gasteiger charge is 2.26. The molecule has 0 fully saturated rings. The van der Waals surface area contributed by atoms with E-state index >= 15 is 0 Å². The van der Waals surface area contributed by atoms with Crippen molar-refractivity contribution in [2.24, 2.45) is 0 Å². The van der Waals surface area contributed by atoms with E-state index in [1.165, 1.54) is 0 Å². The van der Waals surface area contributed by atoms with Crippen LogP contribution in [0.15, 0.2) is 46.5 Å². The number of benzene rings is 1. The smallest absolute Gasteiger partial charge is 0.222 e. The molecular formula is C14H9ClN4S. The summed E-state index contributed by atoms with van der Waals surface area (Å²) in [5.74, 6) is 0. The molecule has 1 aromatic carbocycles. The minimum absolute atomic E-state index is 0.138. The van der Waals surface area contributed by atoms with Gasteiger partial charge in [0.25, 0.3) is 0 Å². The van der Waals surface area contributed by atoms with Crippen LogP contribution in [0.2, 0.25) is 5.28 Å². The van der Waals surface area contributed by atoms with Gasteiger partial charge >= 0.3 is 0 Å². The standard InChI is InChI=1S/C14H9ClN4S/c1-19-11-4-2-3-5-12(11)20-13(19)9(8-16)10-6-7-17-14(15)18-10/h2-7H,1H3/b13-9+. The Kier molecular flexibility index (Phi) is 3.35. The summed E-state index contributed by atoms with van der Waals surface area (Å²) < 4.78 is 0. The number of fused-ring (bicyclic) bond motifs is 1. The SMILES string of the molecule is CN1/C(=C(/C#N)c2ccnc(Cl)n2)Sc2ccccc21. The summed E-state index contributed by atoms with van der Waals surface area (Å²) in [6.07, 6.45) is 1.55. The van der Waals surface area contributed by atoms with Gasteiger partial charge in [-0.3, -0.25) is 0 Å². The third kappa shape index (κ3) is 2.13. The second-order valence-corrected chi connectivity index (χ2v) is 5.50. The van der Waals surface area contributed by atoms with Gasteiger partial charge in [-0.2, -0.15) is 5.26 Å². The third-order valence-corrected chi connectivity index (χ3v) is 4.36. The second kappa shape index (κ2) is 5.16. The number of rotatable bonds is 1. The van der Waals surface area contributed by atoms with Gasteiger partial charge in [-0.25, -0.2) is 9.97 Å². The van der Waals surface area contributed by atoms with E-state index in [-0.39, 0.29) is 5.28 Å². The van der Waals surface area contributed by atoms with E-state index in [4.69, 9.17) is 11.6 Å². The molecular weight excluding hydrogens is 292 g/mol. The summed E-state index contributed by atoms with van der Waals surface area (Å²) >= 11 is 7.36. The van der Waals surface area contributed by atoms with E-state index in [0.717, 1.165) is 15.6 Å². The quantitative estimate of drug-likeness (QED) is 0.595. The number of allylic oxidation sites excluding steroid dienone is 1. The minimum Gasteiger partial charge on any atom is -0.337 e. The fourth-order valence-electron chi connectivity index (χ4n) is 2.01. The summed E-state index contributed by atoms with van der Waals surface area (Å²) in [4.78, 5) is 11.1. The third-order valence-electron chi connectivity index (χ3n) is 2.95. The maximum atomic E-state index is 9.48. The molecule has 98 valence electrons. The highest BCUT2D eigenvalue weighted by atomic mass is 35.5. The molecule has 6 heteroatoms. The molecule has 0 N–H and O–H groups in total. The second-order valence-electron chi connectivity index (χ2n) is 4.13. The first kappa shape index (κ1) is 13.0. The normalized spacial score (nSPS) is 15.8. The number of nitrogens with zero attached hydrogens (tertiary/aromatic N) is 4. The van der Waals surface area contributed by atoms with Crippen LogP contribution in [-0.4, -0.2) is 17.0 Å². The topological polar surface area (TPSA) is 52.8 Å². The molecule has 0 bridgehead atoms. The van der Waals surface area contributed by atoms with Gasteiger partial charge in [-0.1, -0.05) is 23.9 Å². The molecule has 20 heavy (non-hydrogen) atoms. The zero-order valence-electron chi connectivity index (χ0n) is 10.5. The molecule has 2 aromatic rings. The van der Waals surface area contributed by atoms with E-state index in [0.29, 0.717) is 11.3 Å². The van der Waals surface area contributed by atoms with Gasteiger partial charge in [0, 0.05) is 18.1 Å². The Balaban J connectivity index is 2.13. The molecule has 1 aliphatic heterocycles. The van der Waals surface area contributed by atoms with E-state index in [1.54, 1.807) is 24.0 Å². The van der Waals surface area contributed by atoms with Crippen molar-refractivity contribution in [3.8, 4) is 6.07 Å². The van der Waals surface area contributed by atoms with Gasteiger partial charge in [-0.05, 0) is 29.8 Å². The fraction of sp³-hybridized carbons (Fsp3) is 0.0714. The maximum absolute atomic E-state index is 9.48. The molecule has 2 heterocycles. The van der Waals surface area contributed by atoms with Crippen LogP contribution in [0.25, 0.3) is 5.57 Å². The Morgan fingerprint density at radius 2 is 2.15 bits per heavy atom. The largest absolute Gasteiger partial charge is 0.337 e. The highest BCUT2D eigenvalue weighted by molar-refractivity contribution is 8.04. The van der Waals surface area contributed by atoms with Gasteiger partial charge in [0.1, 0.15) is 16.7 Å². The number of hydrogen-bond donors (Lipinski definition) is 0. The molecule has 0 atom stereocenters. The lowest BCUT2D eigenvalue weighted by molar-refractivity contribution is 1.13. The Morgan fingerprint density at radius 3 is 2.85 bits per heavy atom. The Bertz CT molecular complexity index is 751.